The highest BCUT2D eigenvalue weighted by atomic mass is 16.4. The van der Waals surface area contributed by atoms with Gasteiger partial charge in [-0.05, 0) is 18.6 Å². The summed E-state index contributed by atoms with van der Waals surface area (Å²) in [6.45, 7) is 1.22. The molecule has 1 aromatic heterocycles. The first-order chi connectivity index (χ1) is 17.8. The number of hydrogen-bond donors (Lipinski definition) is 9. The Morgan fingerprint density at radius 2 is 1.37 bits per heavy atom. The van der Waals surface area contributed by atoms with Gasteiger partial charge in [0, 0.05) is 23.5 Å². The zero-order chi connectivity index (χ0) is 28.6. The van der Waals surface area contributed by atoms with Gasteiger partial charge in [0.2, 0.25) is 17.7 Å². The Kier molecular flexibility index (Phi) is 10.3. The summed E-state index contributed by atoms with van der Waals surface area (Å²) in [7, 11) is 0. The topological polar surface area (TPSA) is 261 Å². The molecule has 2 rings (SSSR count). The molecule has 0 aliphatic heterocycles. The van der Waals surface area contributed by atoms with E-state index in [9.17, 15) is 44.1 Å². The molecule has 0 fully saturated rings. The molecule has 15 nitrogen and oxygen atoms in total. The van der Waals surface area contributed by atoms with Gasteiger partial charge in [0.05, 0.1) is 18.9 Å². The molecule has 0 saturated carbocycles. The zero-order valence-corrected chi connectivity index (χ0v) is 20.2. The number of fused-ring (bicyclic) bond motifs is 1. The van der Waals surface area contributed by atoms with Gasteiger partial charge in [-0.15, -0.1) is 0 Å². The van der Waals surface area contributed by atoms with Crippen molar-refractivity contribution in [1.82, 2.24) is 20.9 Å². The molecule has 0 saturated heterocycles. The van der Waals surface area contributed by atoms with Crippen molar-refractivity contribution < 1.29 is 49.2 Å². The number of benzene rings is 1. The molecule has 0 aliphatic carbocycles. The fourth-order valence-electron chi connectivity index (χ4n) is 3.52. The van der Waals surface area contributed by atoms with Crippen molar-refractivity contribution in [3.05, 3.63) is 36.0 Å². The van der Waals surface area contributed by atoms with E-state index in [1.54, 1.807) is 30.5 Å². The van der Waals surface area contributed by atoms with E-state index in [1.807, 2.05) is 0 Å². The lowest BCUT2D eigenvalue weighted by Gasteiger charge is -2.25. The Morgan fingerprint density at radius 3 is 1.95 bits per heavy atom. The fourth-order valence-corrected chi connectivity index (χ4v) is 3.52. The van der Waals surface area contributed by atoms with Crippen LogP contribution in [0.4, 0.5) is 0 Å². The van der Waals surface area contributed by atoms with Crippen LogP contribution in [-0.2, 0) is 35.2 Å². The second-order valence-electron chi connectivity index (χ2n) is 8.55. The molecule has 38 heavy (non-hydrogen) atoms. The molecule has 3 amide bonds. The van der Waals surface area contributed by atoms with Crippen LogP contribution in [0, 0.1) is 0 Å². The van der Waals surface area contributed by atoms with Crippen molar-refractivity contribution in [2.45, 2.75) is 56.5 Å². The minimum Gasteiger partial charge on any atom is -0.481 e. The van der Waals surface area contributed by atoms with Gasteiger partial charge >= 0.3 is 17.9 Å². The van der Waals surface area contributed by atoms with Gasteiger partial charge in [0.25, 0.3) is 0 Å². The predicted molar refractivity (Wildman–Crippen MR) is 130 cm³/mol. The molecule has 15 heteroatoms. The van der Waals surface area contributed by atoms with E-state index in [1.165, 1.54) is 6.92 Å². The Bertz CT molecular complexity index is 1210. The van der Waals surface area contributed by atoms with Crippen molar-refractivity contribution in [1.29, 1.82) is 0 Å². The van der Waals surface area contributed by atoms with Gasteiger partial charge in [0.1, 0.15) is 24.2 Å². The molecule has 0 aliphatic rings. The summed E-state index contributed by atoms with van der Waals surface area (Å²) >= 11 is 0. The molecule has 1 heterocycles. The number of aromatic amines is 1. The molecule has 0 radical (unpaired) electrons. The number of carbonyl (C=O) groups is 6. The Balaban J connectivity index is 2.35. The number of carboxylic acids is 3. The quantitative estimate of drug-likeness (QED) is 0.127. The normalized spacial score (nSPS) is 14.9. The maximum Gasteiger partial charge on any atom is 0.326 e. The third kappa shape index (κ3) is 8.28. The van der Waals surface area contributed by atoms with E-state index in [4.69, 9.17) is 10.8 Å². The molecular formula is C23H29N5O10. The molecule has 1 aromatic carbocycles. The van der Waals surface area contributed by atoms with Crippen LogP contribution in [-0.4, -0.2) is 91.3 Å². The monoisotopic (exact) mass is 535 g/mol. The summed E-state index contributed by atoms with van der Waals surface area (Å²) < 4.78 is 0. The molecule has 0 spiro atoms. The van der Waals surface area contributed by atoms with Crippen molar-refractivity contribution in [3.8, 4) is 0 Å². The van der Waals surface area contributed by atoms with Crippen molar-refractivity contribution in [2.24, 2.45) is 5.73 Å². The number of carboxylic acid groups (broad SMARTS) is 3. The Hall–Kier alpha value is -4.50. The summed E-state index contributed by atoms with van der Waals surface area (Å²) in [4.78, 5) is 75.1. The summed E-state index contributed by atoms with van der Waals surface area (Å²) in [5.41, 5.74) is 6.77. The Labute approximate surface area is 215 Å². The maximum atomic E-state index is 13.1. The Morgan fingerprint density at radius 1 is 0.842 bits per heavy atom. The van der Waals surface area contributed by atoms with Crippen LogP contribution in [0.1, 0.15) is 25.3 Å². The summed E-state index contributed by atoms with van der Waals surface area (Å²) in [5.74, 6) is -7.77. The van der Waals surface area contributed by atoms with E-state index in [2.05, 4.69) is 20.9 Å². The molecular weight excluding hydrogens is 506 g/mol. The third-order valence-corrected chi connectivity index (χ3v) is 5.56. The van der Waals surface area contributed by atoms with E-state index < -0.39 is 78.7 Å². The second kappa shape index (κ2) is 13.2. The first-order valence-electron chi connectivity index (χ1n) is 11.4. The van der Waals surface area contributed by atoms with E-state index in [0.29, 0.717) is 16.5 Å². The standard InChI is InChI=1S/C23H29N5O10/c1-10(29)19(24)22(36)27-15(7-17(30)31)21(35)26-14(20(34)28-16(23(37)38)8-18(32)33)6-11-9-25-13-5-3-2-4-12(11)13/h2-5,9-10,14-16,19,25,29H,6-8,24H2,1H3,(H,26,35)(H,27,36)(H,28,34)(H,30,31)(H,32,33)(H,37,38). The molecule has 206 valence electrons. The highest BCUT2D eigenvalue weighted by Crippen LogP contribution is 2.19. The largest absolute Gasteiger partial charge is 0.481 e. The number of aliphatic hydroxyl groups is 1. The van der Waals surface area contributed by atoms with Crippen LogP contribution in [0.3, 0.4) is 0 Å². The zero-order valence-electron chi connectivity index (χ0n) is 20.2. The second-order valence-corrected chi connectivity index (χ2v) is 8.55. The van der Waals surface area contributed by atoms with Gasteiger partial charge in [-0.3, -0.25) is 24.0 Å². The average molecular weight is 536 g/mol. The van der Waals surface area contributed by atoms with Crippen LogP contribution in [0.5, 0.6) is 0 Å². The fraction of sp³-hybridized carbons (Fsp3) is 0.391. The minimum atomic E-state index is -1.82. The van der Waals surface area contributed by atoms with Crippen LogP contribution in [0.15, 0.2) is 30.5 Å². The lowest BCUT2D eigenvalue weighted by Crippen LogP contribution is -2.59. The molecule has 5 unspecified atom stereocenters. The van der Waals surface area contributed by atoms with Gasteiger partial charge < -0.3 is 47.1 Å². The van der Waals surface area contributed by atoms with Gasteiger partial charge in [-0.2, -0.15) is 0 Å². The number of para-hydroxylation sites is 1. The average Bonchev–Trinajstić information content (AvgIpc) is 3.24. The van der Waals surface area contributed by atoms with Crippen LogP contribution >= 0.6 is 0 Å². The van der Waals surface area contributed by atoms with Crippen LogP contribution in [0.2, 0.25) is 0 Å². The number of carbonyl (C=O) groups excluding carboxylic acids is 3. The lowest BCUT2D eigenvalue weighted by molar-refractivity contribution is -0.147. The number of aliphatic carboxylic acids is 3. The number of H-pyrrole nitrogens is 1. The van der Waals surface area contributed by atoms with Crippen LogP contribution < -0.4 is 21.7 Å². The molecule has 10 N–H and O–H groups in total. The SMILES string of the molecule is CC(O)C(N)C(=O)NC(CC(=O)O)C(=O)NC(Cc1c[nH]c2ccccc12)C(=O)NC(CC(=O)O)C(=O)O. The van der Waals surface area contributed by atoms with Crippen molar-refractivity contribution in [2.75, 3.05) is 0 Å². The van der Waals surface area contributed by atoms with Crippen molar-refractivity contribution in [3.63, 3.8) is 0 Å². The van der Waals surface area contributed by atoms with E-state index >= 15 is 0 Å². The first-order valence-corrected chi connectivity index (χ1v) is 11.4. The van der Waals surface area contributed by atoms with Crippen molar-refractivity contribution >= 4 is 46.5 Å². The van der Waals surface area contributed by atoms with Gasteiger partial charge in [-0.25, -0.2) is 4.79 Å². The summed E-state index contributed by atoms with van der Waals surface area (Å²) in [6, 6.07) is 0.460. The number of hydrogen-bond acceptors (Lipinski definition) is 8. The molecule has 0 bridgehead atoms. The molecule has 2 aromatic rings. The maximum absolute atomic E-state index is 13.1. The molecule has 5 atom stereocenters. The predicted octanol–water partition coefficient (Wildman–Crippen LogP) is -2.09. The lowest BCUT2D eigenvalue weighted by atomic mass is 10.0. The highest BCUT2D eigenvalue weighted by molar-refractivity contribution is 5.96. The number of nitrogens with one attached hydrogen (secondary N) is 4. The van der Waals surface area contributed by atoms with Crippen LogP contribution in [0.25, 0.3) is 10.9 Å². The number of amides is 3. The summed E-state index contributed by atoms with van der Waals surface area (Å²) in [6.07, 6.45) is -1.80. The number of aromatic nitrogens is 1. The third-order valence-electron chi connectivity index (χ3n) is 5.56. The highest BCUT2D eigenvalue weighted by Gasteiger charge is 2.33. The first kappa shape index (κ1) is 29.7. The number of nitrogens with two attached hydrogens (primary N) is 1. The van der Waals surface area contributed by atoms with E-state index in [-0.39, 0.29) is 6.42 Å². The number of rotatable bonds is 14. The minimum absolute atomic E-state index is 0.206. The number of aliphatic hydroxyl groups excluding tert-OH is 1. The smallest absolute Gasteiger partial charge is 0.326 e. The van der Waals surface area contributed by atoms with Gasteiger partial charge in [0.15, 0.2) is 0 Å². The van der Waals surface area contributed by atoms with E-state index in [0.717, 1.165) is 0 Å². The summed E-state index contributed by atoms with van der Waals surface area (Å²) in [5, 5.41) is 44.2. The van der Waals surface area contributed by atoms with Gasteiger partial charge in [-0.1, -0.05) is 18.2 Å².